The van der Waals surface area contributed by atoms with Crippen molar-refractivity contribution in [2.75, 3.05) is 5.32 Å². The van der Waals surface area contributed by atoms with E-state index >= 15 is 0 Å². The first kappa shape index (κ1) is 31.1. The van der Waals surface area contributed by atoms with E-state index < -0.39 is 0 Å². The second-order valence-corrected chi connectivity index (χ2v) is 10.5. The summed E-state index contributed by atoms with van der Waals surface area (Å²) >= 11 is 0. The molecule has 1 aliphatic carbocycles. The second kappa shape index (κ2) is 16.6. The van der Waals surface area contributed by atoms with E-state index in [1.165, 1.54) is 50.8 Å². The topological polar surface area (TPSA) is 136 Å². The van der Waals surface area contributed by atoms with Gasteiger partial charge in [-0.1, -0.05) is 85.3 Å². The van der Waals surface area contributed by atoms with E-state index in [4.69, 9.17) is 11.5 Å². The van der Waals surface area contributed by atoms with Gasteiger partial charge in [0, 0.05) is 5.92 Å². The Morgan fingerprint density at radius 2 is 1.46 bits per heavy atom. The number of aromatic nitrogens is 2. The zero-order chi connectivity index (χ0) is 29.5. The third kappa shape index (κ3) is 11.7. The average molecular weight is 555 g/mol. The van der Waals surface area contributed by atoms with Crippen molar-refractivity contribution >= 4 is 17.6 Å². The van der Waals surface area contributed by atoms with Crippen LogP contribution in [0.5, 0.6) is 0 Å². The highest BCUT2D eigenvalue weighted by Gasteiger charge is 2.16. The number of nitrogens with zero attached hydrogens (tertiary/aromatic N) is 2. The third-order valence-corrected chi connectivity index (χ3v) is 6.79. The molecule has 1 heterocycles. The van der Waals surface area contributed by atoms with Crippen LogP contribution >= 0.6 is 0 Å². The number of nitrogens with one attached hydrogen (secondary N) is 2. The summed E-state index contributed by atoms with van der Waals surface area (Å²) in [5, 5.41) is 14.0. The second-order valence-electron chi connectivity index (χ2n) is 10.5. The summed E-state index contributed by atoms with van der Waals surface area (Å²) in [5.41, 5.74) is 16.0. The molecule has 8 nitrogen and oxygen atoms in total. The summed E-state index contributed by atoms with van der Waals surface area (Å²) in [5.74, 6) is 1.14. The molecular weight excluding hydrogens is 512 g/mol. The highest BCUT2D eigenvalue weighted by atomic mass is 16.2. The fourth-order valence-electron chi connectivity index (χ4n) is 4.81. The first-order valence-corrected chi connectivity index (χ1v) is 14.2. The van der Waals surface area contributed by atoms with Gasteiger partial charge in [-0.15, -0.1) is 5.10 Å². The Morgan fingerprint density at radius 3 is 2.00 bits per heavy atom. The van der Waals surface area contributed by atoms with Crippen molar-refractivity contribution in [1.29, 1.82) is 0 Å². The largest absolute Gasteiger partial charge is 0.405 e. The molecule has 2 amide bonds. The van der Waals surface area contributed by atoms with Crippen molar-refractivity contribution < 1.29 is 9.59 Å². The quantitative estimate of drug-likeness (QED) is 0.219. The number of allylic oxidation sites excluding steroid dienone is 2. The Labute approximate surface area is 243 Å². The van der Waals surface area contributed by atoms with Crippen LogP contribution in [-0.2, 0) is 22.4 Å². The fourth-order valence-corrected chi connectivity index (χ4v) is 4.81. The number of aryl methyl sites for hydroxylation is 2. The molecule has 3 aromatic rings. The molecule has 41 heavy (non-hydrogen) atoms. The SMILES string of the molecule is Cc1cccc(CC(=O)N/C(N)=C/C=C\N)c1.Cc1cccc(CC(=O)Nc2ccc(C3CCCCCC3)nn2)c1. The van der Waals surface area contributed by atoms with Crippen LogP contribution in [0.3, 0.4) is 0 Å². The average Bonchev–Trinajstić information content (AvgIpc) is 3.22. The molecular formula is C33H42N6O2. The predicted octanol–water partition coefficient (Wildman–Crippen LogP) is 5.33. The smallest absolute Gasteiger partial charge is 0.229 e. The summed E-state index contributed by atoms with van der Waals surface area (Å²) in [6.07, 6.45) is 12.7. The van der Waals surface area contributed by atoms with Crippen LogP contribution in [0, 0.1) is 13.8 Å². The molecule has 2 aromatic carbocycles. The number of anilines is 1. The lowest BCUT2D eigenvalue weighted by molar-refractivity contribution is -0.119. The standard InChI is InChI=1S/C20H25N3O.C13H17N3O/c1-15-7-6-8-16(13-15)14-20(24)21-19-12-11-18(22-23-19)17-9-4-2-3-5-10-17;1-10-4-2-5-11(8-10)9-13(17)16-12(15)6-3-7-14/h6-8,11-13,17H,2-5,9-10,14H2,1H3,(H,21,23,24);2-8H,9,14-15H2,1H3,(H,16,17)/b;7-3-,12-6+. The molecule has 6 N–H and O–H groups in total. The minimum absolute atomic E-state index is 0.0582. The summed E-state index contributed by atoms with van der Waals surface area (Å²) in [6.45, 7) is 4.01. The first-order valence-electron chi connectivity index (χ1n) is 14.2. The number of rotatable bonds is 8. The minimum atomic E-state index is -0.144. The Hall–Kier alpha value is -4.46. The lowest BCUT2D eigenvalue weighted by atomic mass is 9.96. The molecule has 8 heteroatoms. The van der Waals surface area contributed by atoms with Crippen molar-refractivity contribution in [2.45, 2.75) is 71.1 Å². The van der Waals surface area contributed by atoms with Gasteiger partial charge in [0.2, 0.25) is 11.8 Å². The Balaban J connectivity index is 0.000000241. The van der Waals surface area contributed by atoms with Crippen LogP contribution in [0.4, 0.5) is 5.82 Å². The first-order chi connectivity index (χ1) is 19.8. The van der Waals surface area contributed by atoms with Crippen LogP contribution in [-0.4, -0.2) is 22.0 Å². The third-order valence-electron chi connectivity index (χ3n) is 6.79. The molecule has 1 aromatic heterocycles. The molecule has 0 bridgehead atoms. The number of hydrogen-bond acceptors (Lipinski definition) is 6. The zero-order valence-electron chi connectivity index (χ0n) is 24.1. The summed E-state index contributed by atoms with van der Waals surface area (Å²) < 4.78 is 0. The highest BCUT2D eigenvalue weighted by molar-refractivity contribution is 5.91. The normalized spacial score (nSPS) is 14.0. The zero-order valence-corrected chi connectivity index (χ0v) is 24.1. The Morgan fingerprint density at radius 1 is 0.854 bits per heavy atom. The van der Waals surface area contributed by atoms with Gasteiger partial charge in [0.05, 0.1) is 18.5 Å². The van der Waals surface area contributed by atoms with Gasteiger partial charge >= 0.3 is 0 Å². The Kier molecular flexibility index (Phi) is 12.6. The number of benzene rings is 2. The molecule has 0 atom stereocenters. The van der Waals surface area contributed by atoms with E-state index in [1.54, 1.807) is 6.08 Å². The van der Waals surface area contributed by atoms with Crippen molar-refractivity contribution in [1.82, 2.24) is 15.5 Å². The van der Waals surface area contributed by atoms with Gasteiger partial charge in [0.25, 0.3) is 0 Å². The van der Waals surface area contributed by atoms with Gasteiger partial charge in [-0.2, -0.15) is 5.10 Å². The molecule has 216 valence electrons. The molecule has 1 aliphatic rings. The van der Waals surface area contributed by atoms with Crippen LogP contribution in [0.15, 0.2) is 84.8 Å². The van der Waals surface area contributed by atoms with E-state index in [1.807, 2.05) is 74.5 Å². The van der Waals surface area contributed by atoms with Crippen LogP contribution in [0.1, 0.15) is 72.4 Å². The van der Waals surface area contributed by atoms with E-state index in [2.05, 4.69) is 20.8 Å². The van der Waals surface area contributed by atoms with E-state index in [9.17, 15) is 9.59 Å². The van der Waals surface area contributed by atoms with Gasteiger partial charge in [0.1, 0.15) is 5.82 Å². The molecule has 1 saturated carbocycles. The van der Waals surface area contributed by atoms with Gasteiger partial charge in [0.15, 0.2) is 5.82 Å². The van der Waals surface area contributed by atoms with Crippen LogP contribution < -0.4 is 22.1 Å². The predicted molar refractivity (Wildman–Crippen MR) is 165 cm³/mol. The van der Waals surface area contributed by atoms with Gasteiger partial charge < -0.3 is 22.1 Å². The molecule has 0 saturated heterocycles. The van der Waals surface area contributed by atoms with Crippen molar-refractivity contribution in [3.8, 4) is 0 Å². The van der Waals surface area contributed by atoms with E-state index in [0.717, 1.165) is 27.9 Å². The maximum absolute atomic E-state index is 12.1. The van der Waals surface area contributed by atoms with E-state index in [-0.39, 0.29) is 17.6 Å². The number of carbonyl (C=O) groups is 2. The van der Waals surface area contributed by atoms with Crippen LogP contribution in [0.25, 0.3) is 0 Å². The van der Waals surface area contributed by atoms with Gasteiger partial charge in [-0.25, -0.2) is 0 Å². The molecule has 4 rings (SSSR count). The highest BCUT2D eigenvalue weighted by Crippen LogP contribution is 2.30. The van der Waals surface area contributed by atoms with Crippen molar-refractivity contribution in [3.63, 3.8) is 0 Å². The molecule has 0 radical (unpaired) electrons. The number of amides is 2. The van der Waals surface area contributed by atoms with E-state index in [0.29, 0.717) is 24.6 Å². The minimum Gasteiger partial charge on any atom is -0.405 e. The van der Waals surface area contributed by atoms with Crippen LogP contribution in [0.2, 0.25) is 0 Å². The van der Waals surface area contributed by atoms with Crippen molar-refractivity contribution in [2.24, 2.45) is 11.5 Å². The summed E-state index contributed by atoms with van der Waals surface area (Å²) in [6, 6.07) is 19.7. The molecule has 0 unspecified atom stereocenters. The van der Waals surface area contributed by atoms with Gasteiger partial charge in [-0.05, 0) is 68.3 Å². The number of carbonyl (C=O) groups excluding carboxylic acids is 2. The fraction of sp³-hybridized carbons (Fsp3) is 0.333. The summed E-state index contributed by atoms with van der Waals surface area (Å²) in [4.78, 5) is 23.8. The van der Waals surface area contributed by atoms with Gasteiger partial charge in [-0.3, -0.25) is 9.59 Å². The molecule has 0 spiro atoms. The monoisotopic (exact) mass is 554 g/mol. The van der Waals surface area contributed by atoms with Crippen molar-refractivity contribution in [3.05, 3.63) is 113 Å². The molecule has 0 aliphatic heterocycles. The number of nitrogens with two attached hydrogens (primary N) is 2. The maximum atomic E-state index is 12.1. The maximum Gasteiger partial charge on any atom is 0.229 e. The lowest BCUT2D eigenvalue weighted by Gasteiger charge is -2.13. The Bertz CT molecular complexity index is 1330. The number of hydrogen-bond donors (Lipinski definition) is 4. The summed E-state index contributed by atoms with van der Waals surface area (Å²) in [7, 11) is 0. The lowest BCUT2D eigenvalue weighted by Crippen LogP contribution is -2.28. The molecule has 1 fully saturated rings.